The largest absolute Gasteiger partial charge is 0.497 e. The van der Waals surface area contributed by atoms with Gasteiger partial charge in [-0.05, 0) is 38.5 Å². The topological polar surface area (TPSA) is 24.8 Å². The highest BCUT2D eigenvalue weighted by Gasteiger charge is 2.45. The van der Waals surface area contributed by atoms with E-state index >= 15 is 0 Å². The van der Waals surface area contributed by atoms with Crippen LogP contribution in [0.1, 0.15) is 32.6 Å². The minimum Gasteiger partial charge on any atom is -0.497 e. The fourth-order valence-corrected chi connectivity index (χ4v) is 1.56. The van der Waals surface area contributed by atoms with E-state index in [2.05, 4.69) is 20.8 Å². The van der Waals surface area contributed by atoms with Crippen molar-refractivity contribution in [3.63, 3.8) is 0 Å². The van der Waals surface area contributed by atoms with Crippen molar-refractivity contribution < 1.29 is 9.57 Å². The Balaban J connectivity index is 2.07. The SMILES string of the molecule is COc1ccc([C@@H]2ON2C(C)(C)C)cc1. The van der Waals surface area contributed by atoms with Gasteiger partial charge in [0, 0.05) is 5.54 Å². The number of benzene rings is 1. The van der Waals surface area contributed by atoms with E-state index in [9.17, 15) is 0 Å². The highest BCUT2D eigenvalue weighted by atomic mass is 16.8. The average Bonchev–Trinajstić information content (AvgIpc) is 2.97. The number of nitrogens with zero attached hydrogens (tertiary/aromatic N) is 1. The van der Waals surface area contributed by atoms with Crippen molar-refractivity contribution in [2.45, 2.75) is 32.5 Å². The highest BCUT2D eigenvalue weighted by molar-refractivity contribution is 5.29. The molecule has 2 atom stereocenters. The predicted molar refractivity (Wildman–Crippen MR) is 58.4 cm³/mol. The second kappa shape index (κ2) is 3.51. The summed E-state index contributed by atoms with van der Waals surface area (Å²) in [6.45, 7) is 6.41. The molecule has 1 heterocycles. The molecule has 0 N–H and O–H groups in total. The van der Waals surface area contributed by atoms with E-state index < -0.39 is 0 Å². The Kier molecular flexibility index (Phi) is 2.44. The first kappa shape index (κ1) is 10.5. The van der Waals surface area contributed by atoms with Crippen molar-refractivity contribution in [3.05, 3.63) is 29.8 Å². The van der Waals surface area contributed by atoms with E-state index in [0.717, 1.165) is 5.75 Å². The van der Waals surface area contributed by atoms with Crippen LogP contribution in [-0.2, 0) is 4.84 Å². The second-order valence-electron chi connectivity index (χ2n) is 4.73. The van der Waals surface area contributed by atoms with E-state index in [1.807, 2.05) is 29.3 Å². The molecule has 1 aromatic rings. The molecule has 0 radical (unpaired) electrons. The third-order valence-electron chi connectivity index (χ3n) is 2.44. The van der Waals surface area contributed by atoms with Crippen LogP contribution in [0.3, 0.4) is 0 Å². The van der Waals surface area contributed by atoms with E-state index in [1.165, 1.54) is 5.56 Å². The van der Waals surface area contributed by atoms with Gasteiger partial charge in [-0.2, -0.15) is 0 Å². The molecule has 3 heteroatoms. The van der Waals surface area contributed by atoms with Gasteiger partial charge >= 0.3 is 0 Å². The molecule has 1 fully saturated rings. The molecule has 1 aromatic carbocycles. The average molecular weight is 207 g/mol. The summed E-state index contributed by atoms with van der Waals surface area (Å²) in [6, 6.07) is 7.99. The van der Waals surface area contributed by atoms with Gasteiger partial charge in [0.05, 0.1) is 7.11 Å². The Morgan fingerprint density at radius 3 is 2.20 bits per heavy atom. The van der Waals surface area contributed by atoms with E-state index in [4.69, 9.17) is 9.57 Å². The smallest absolute Gasteiger partial charge is 0.180 e. The molecule has 0 spiro atoms. The Labute approximate surface area is 90.6 Å². The van der Waals surface area contributed by atoms with Crippen LogP contribution in [0.4, 0.5) is 0 Å². The quantitative estimate of drug-likeness (QED) is 0.697. The summed E-state index contributed by atoms with van der Waals surface area (Å²) in [5, 5.41) is 1.99. The summed E-state index contributed by atoms with van der Waals surface area (Å²) in [5.41, 5.74) is 1.23. The monoisotopic (exact) mass is 207 g/mol. The molecule has 0 aromatic heterocycles. The lowest BCUT2D eigenvalue weighted by Gasteiger charge is -2.16. The minimum absolute atomic E-state index is 0.0601. The molecule has 1 aliphatic heterocycles. The van der Waals surface area contributed by atoms with E-state index in [1.54, 1.807) is 7.11 Å². The zero-order valence-corrected chi connectivity index (χ0v) is 9.65. The fourth-order valence-electron chi connectivity index (χ4n) is 1.56. The predicted octanol–water partition coefficient (Wildman–Crippen LogP) is 2.74. The van der Waals surface area contributed by atoms with Crippen molar-refractivity contribution >= 4 is 0 Å². The Morgan fingerprint density at radius 2 is 1.80 bits per heavy atom. The van der Waals surface area contributed by atoms with Gasteiger partial charge < -0.3 is 4.74 Å². The summed E-state index contributed by atoms with van der Waals surface area (Å²) in [7, 11) is 1.67. The van der Waals surface area contributed by atoms with E-state index in [-0.39, 0.29) is 11.8 Å². The molecular formula is C12H17NO2. The van der Waals surface area contributed by atoms with Crippen molar-refractivity contribution in [2.75, 3.05) is 7.11 Å². The Bertz CT molecular complexity index is 340. The van der Waals surface area contributed by atoms with Gasteiger partial charge in [0.1, 0.15) is 5.75 Å². The summed E-state index contributed by atoms with van der Waals surface area (Å²) in [5.74, 6) is 0.877. The molecule has 82 valence electrons. The van der Waals surface area contributed by atoms with Gasteiger partial charge in [-0.1, -0.05) is 12.1 Å². The number of rotatable bonds is 2. The maximum Gasteiger partial charge on any atom is 0.180 e. The lowest BCUT2D eigenvalue weighted by molar-refractivity contribution is 0.101. The summed E-state index contributed by atoms with van der Waals surface area (Å²) < 4.78 is 5.11. The standard InChI is InChI=1S/C12H17NO2/c1-12(2,3)13-11(15-13)9-5-7-10(14-4)8-6-9/h5-8,11H,1-4H3/t11-,13?/m0/s1. The van der Waals surface area contributed by atoms with Gasteiger partial charge in [-0.3, -0.25) is 4.84 Å². The summed E-state index contributed by atoms with van der Waals surface area (Å²) in [4.78, 5) is 5.53. The minimum atomic E-state index is 0.0601. The first-order valence-corrected chi connectivity index (χ1v) is 5.12. The van der Waals surface area contributed by atoms with Gasteiger partial charge in [0.2, 0.25) is 0 Å². The molecule has 2 rings (SSSR count). The fraction of sp³-hybridized carbons (Fsp3) is 0.500. The maximum absolute atomic E-state index is 5.53. The molecular weight excluding hydrogens is 190 g/mol. The van der Waals surface area contributed by atoms with Crippen LogP contribution in [0.2, 0.25) is 0 Å². The van der Waals surface area contributed by atoms with Crippen molar-refractivity contribution in [2.24, 2.45) is 0 Å². The van der Waals surface area contributed by atoms with Gasteiger partial charge in [-0.15, -0.1) is 5.06 Å². The number of methoxy groups -OCH3 is 1. The van der Waals surface area contributed by atoms with Crippen molar-refractivity contribution in [1.82, 2.24) is 5.06 Å². The lowest BCUT2D eigenvalue weighted by Crippen LogP contribution is -2.25. The van der Waals surface area contributed by atoms with Crippen LogP contribution < -0.4 is 4.74 Å². The molecule has 1 aliphatic rings. The third-order valence-corrected chi connectivity index (χ3v) is 2.44. The number of hydroxylamine groups is 2. The molecule has 0 aliphatic carbocycles. The molecule has 0 bridgehead atoms. The normalized spacial score (nSPS) is 25.1. The van der Waals surface area contributed by atoms with Crippen molar-refractivity contribution in [3.8, 4) is 5.75 Å². The molecule has 1 saturated heterocycles. The first-order chi connectivity index (χ1) is 7.02. The lowest BCUT2D eigenvalue weighted by atomic mass is 10.1. The molecule has 0 amide bonds. The maximum atomic E-state index is 5.53. The van der Waals surface area contributed by atoms with E-state index in [0.29, 0.717) is 0 Å². The number of hydrogen-bond acceptors (Lipinski definition) is 3. The number of hydrogen-bond donors (Lipinski definition) is 0. The third kappa shape index (κ3) is 2.13. The molecule has 1 unspecified atom stereocenters. The Hall–Kier alpha value is -1.06. The van der Waals surface area contributed by atoms with Gasteiger partial charge in [0.25, 0.3) is 0 Å². The summed E-state index contributed by atoms with van der Waals surface area (Å²) in [6.07, 6.45) is 0.107. The van der Waals surface area contributed by atoms with Gasteiger partial charge in [0.15, 0.2) is 6.23 Å². The zero-order valence-electron chi connectivity index (χ0n) is 9.65. The van der Waals surface area contributed by atoms with Crippen LogP contribution >= 0.6 is 0 Å². The van der Waals surface area contributed by atoms with Crippen LogP contribution in [0, 0.1) is 0 Å². The first-order valence-electron chi connectivity index (χ1n) is 5.12. The zero-order chi connectivity index (χ0) is 11.1. The van der Waals surface area contributed by atoms with Crippen LogP contribution in [-0.4, -0.2) is 17.7 Å². The van der Waals surface area contributed by atoms with Crippen molar-refractivity contribution in [1.29, 1.82) is 0 Å². The molecule has 0 saturated carbocycles. The van der Waals surface area contributed by atoms with Crippen LogP contribution in [0.25, 0.3) is 0 Å². The van der Waals surface area contributed by atoms with Crippen LogP contribution in [0.5, 0.6) is 5.75 Å². The second-order valence-corrected chi connectivity index (χ2v) is 4.73. The molecule has 3 nitrogen and oxygen atoms in total. The van der Waals surface area contributed by atoms with Crippen LogP contribution in [0.15, 0.2) is 24.3 Å². The Morgan fingerprint density at radius 1 is 1.20 bits per heavy atom. The van der Waals surface area contributed by atoms with Gasteiger partial charge in [-0.25, -0.2) is 0 Å². The summed E-state index contributed by atoms with van der Waals surface area (Å²) >= 11 is 0. The number of ether oxygens (including phenoxy) is 1. The molecule has 15 heavy (non-hydrogen) atoms. The highest BCUT2D eigenvalue weighted by Crippen LogP contribution is 2.43.